The number of benzene rings is 1. The first-order valence-corrected chi connectivity index (χ1v) is 6.96. The predicted octanol–water partition coefficient (Wildman–Crippen LogP) is 4.15. The van der Waals surface area contributed by atoms with Gasteiger partial charge in [0.2, 0.25) is 0 Å². The van der Waals surface area contributed by atoms with E-state index in [0.29, 0.717) is 12.0 Å². The van der Waals surface area contributed by atoms with E-state index in [9.17, 15) is 0 Å². The van der Waals surface area contributed by atoms with E-state index in [4.69, 9.17) is 4.74 Å². The van der Waals surface area contributed by atoms with Crippen LogP contribution in [0.1, 0.15) is 38.8 Å². The molecule has 0 spiro atoms. The third-order valence-electron chi connectivity index (χ3n) is 2.82. The standard InChI is InChI=1S/C14H22BrNO/c1-5-8-16-14(10(2)3)12-7-6-11(17-4)9-13(12)15/h6-7,9-10,14,16H,5,8H2,1-4H3. The summed E-state index contributed by atoms with van der Waals surface area (Å²) in [6.07, 6.45) is 1.15. The maximum Gasteiger partial charge on any atom is 0.120 e. The van der Waals surface area contributed by atoms with Crippen LogP contribution in [-0.4, -0.2) is 13.7 Å². The van der Waals surface area contributed by atoms with Gasteiger partial charge in [-0.3, -0.25) is 0 Å². The third-order valence-corrected chi connectivity index (χ3v) is 3.51. The Morgan fingerprint density at radius 1 is 1.35 bits per heavy atom. The van der Waals surface area contributed by atoms with Crippen molar-refractivity contribution >= 4 is 15.9 Å². The molecule has 1 atom stereocenters. The van der Waals surface area contributed by atoms with Crippen molar-refractivity contribution in [1.82, 2.24) is 5.32 Å². The lowest BCUT2D eigenvalue weighted by atomic mass is 9.96. The fraction of sp³-hybridized carbons (Fsp3) is 0.571. The number of hydrogen-bond acceptors (Lipinski definition) is 2. The molecule has 0 amide bonds. The predicted molar refractivity (Wildman–Crippen MR) is 76.6 cm³/mol. The minimum atomic E-state index is 0.384. The van der Waals surface area contributed by atoms with Gasteiger partial charge in [0, 0.05) is 10.5 Å². The molecule has 0 aliphatic heterocycles. The van der Waals surface area contributed by atoms with E-state index >= 15 is 0 Å². The van der Waals surface area contributed by atoms with Gasteiger partial charge >= 0.3 is 0 Å². The molecule has 0 fully saturated rings. The molecule has 0 aromatic heterocycles. The van der Waals surface area contributed by atoms with Gasteiger partial charge in [0.25, 0.3) is 0 Å². The summed E-state index contributed by atoms with van der Waals surface area (Å²) in [5, 5.41) is 3.59. The van der Waals surface area contributed by atoms with Gasteiger partial charge in [-0.2, -0.15) is 0 Å². The van der Waals surface area contributed by atoms with Crippen molar-refractivity contribution in [3.8, 4) is 5.75 Å². The number of ether oxygens (including phenoxy) is 1. The summed E-state index contributed by atoms with van der Waals surface area (Å²) in [6, 6.07) is 6.56. The molecule has 1 N–H and O–H groups in total. The van der Waals surface area contributed by atoms with Gasteiger partial charge < -0.3 is 10.1 Å². The van der Waals surface area contributed by atoms with E-state index in [0.717, 1.165) is 23.2 Å². The van der Waals surface area contributed by atoms with Crippen molar-refractivity contribution in [2.45, 2.75) is 33.2 Å². The van der Waals surface area contributed by atoms with Crippen molar-refractivity contribution in [2.75, 3.05) is 13.7 Å². The van der Waals surface area contributed by atoms with Crippen LogP contribution in [0, 0.1) is 5.92 Å². The normalized spacial score (nSPS) is 12.8. The Morgan fingerprint density at radius 3 is 2.53 bits per heavy atom. The van der Waals surface area contributed by atoms with Crippen LogP contribution in [0.4, 0.5) is 0 Å². The van der Waals surface area contributed by atoms with Gasteiger partial charge in [0.1, 0.15) is 5.75 Å². The lowest BCUT2D eigenvalue weighted by molar-refractivity contribution is 0.404. The molecule has 0 bridgehead atoms. The van der Waals surface area contributed by atoms with Crippen molar-refractivity contribution in [3.63, 3.8) is 0 Å². The second-order valence-electron chi connectivity index (χ2n) is 4.56. The Morgan fingerprint density at radius 2 is 2.06 bits per heavy atom. The summed E-state index contributed by atoms with van der Waals surface area (Å²) in [5.74, 6) is 1.45. The Kier molecular flexibility index (Phi) is 6.00. The molecular formula is C14H22BrNO. The highest BCUT2D eigenvalue weighted by atomic mass is 79.9. The maximum absolute atomic E-state index is 5.22. The molecule has 1 aromatic rings. The van der Waals surface area contributed by atoms with Gasteiger partial charge in [0.05, 0.1) is 7.11 Å². The molecular weight excluding hydrogens is 278 g/mol. The second-order valence-corrected chi connectivity index (χ2v) is 5.42. The van der Waals surface area contributed by atoms with Crippen LogP contribution >= 0.6 is 15.9 Å². The lowest BCUT2D eigenvalue weighted by Gasteiger charge is -2.24. The topological polar surface area (TPSA) is 21.3 Å². The number of halogens is 1. The number of nitrogens with one attached hydrogen (secondary N) is 1. The Bertz CT molecular complexity index is 352. The molecule has 96 valence electrons. The summed E-state index contributed by atoms with van der Waals surface area (Å²) >= 11 is 3.63. The van der Waals surface area contributed by atoms with Crippen molar-refractivity contribution in [2.24, 2.45) is 5.92 Å². The third kappa shape index (κ3) is 4.00. The van der Waals surface area contributed by atoms with Crippen LogP contribution in [0.25, 0.3) is 0 Å². The minimum Gasteiger partial charge on any atom is -0.497 e. The van der Waals surface area contributed by atoms with Crippen molar-refractivity contribution in [1.29, 1.82) is 0 Å². The second kappa shape index (κ2) is 7.02. The fourth-order valence-electron chi connectivity index (χ4n) is 1.89. The summed E-state index contributed by atoms with van der Waals surface area (Å²) < 4.78 is 6.33. The Hall–Kier alpha value is -0.540. The fourth-order valence-corrected chi connectivity index (χ4v) is 2.50. The first-order valence-electron chi connectivity index (χ1n) is 6.17. The molecule has 0 heterocycles. The van der Waals surface area contributed by atoms with Crippen LogP contribution in [-0.2, 0) is 0 Å². The Balaban J connectivity index is 2.93. The van der Waals surface area contributed by atoms with Gasteiger partial charge in [-0.15, -0.1) is 0 Å². The highest BCUT2D eigenvalue weighted by molar-refractivity contribution is 9.10. The van der Waals surface area contributed by atoms with E-state index in [2.05, 4.69) is 48.1 Å². The van der Waals surface area contributed by atoms with Gasteiger partial charge in [-0.1, -0.05) is 42.8 Å². The van der Waals surface area contributed by atoms with E-state index in [1.807, 2.05) is 12.1 Å². The molecule has 0 aliphatic rings. The van der Waals surface area contributed by atoms with E-state index in [1.165, 1.54) is 5.56 Å². The van der Waals surface area contributed by atoms with E-state index < -0.39 is 0 Å². The molecule has 17 heavy (non-hydrogen) atoms. The Labute approximate surface area is 113 Å². The van der Waals surface area contributed by atoms with E-state index in [1.54, 1.807) is 7.11 Å². The highest BCUT2D eigenvalue weighted by Crippen LogP contribution is 2.31. The summed E-state index contributed by atoms with van der Waals surface area (Å²) in [4.78, 5) is 0. The molecule has 0 saturated carbocycles. The first-order chi connectivity index (χ1) is 8.10. The average molecular weight is 300 g/mol. The summed E-state index contributed by atoms with van der Waals surface area (Å²) in [5.41, 5.74) is 1.30. The minimum absolute atomic E-state index is 0.384. The van der Waals surface area contributed by atoms with Gasteiger partial charge in [-0.25, -0.2) is 0 Å². The molecule has 1 rings (SSSR count). The molecule has 1 unspecified atom stereocenters. The smallest absolute Gasteiger partial charge is 0.120 e. The van der Waals surface area contributed by atoms with Crippen molar-refractivity contribution in [3.05, 3.63) is 28.2 Å². The largest absolute Gasteiger partial charge is 0.497 e. The summed E-state index contributed by atoms with van der Waals surface area (Å²) in [7, 11) is 1.69. The van der Waals surface area contributed by atoms with Crippen LogP contribution in [0.3, 0.4) is 0 Å². The molecule has 0 saturated heterocycles. The molecule has 3 heteroatoms. The zero-order valence-corrected chi connectivity index (χ0v) is 12.7. The number of hydrogen-bond donors (Lipinski definition) is 1. The summed E-state index contributed by atoms with van der Waals surface area (Å²) in [6.45, 7) is 7.71. The lowest BCUT2D eigenvalue weighted by Crippen LogP contribution is -2.26. The van der Waals surface area contributed by atoms with Crippen LogP contribution in [0.15, 0.2) is 22.7 Å². The molecule has 1 aromatic carbocycles. The highest BCUT2D eigenvalue weighted by Gasteiger charge is 2.17. The van der Waals surface area contributed by atoms with Gasteiger partial charge in [-0.05, 0) is 36.6 Å². The zero-order valence-electron chi connectivity index (χ0n) is 11.1. The van der Waals surface area contributed by atoms with E-state index in [-0.39, 0.29) is 0 Å². The van der Waals surface area contributed by atoms with Crippen LogP contribution < -0.4 is 10.1 Å². The van der Waals surface area contributed by atoms with Crippen molar-refractivity contribution < 1.29 is 4.74 Å². The van der Waals surface area contributed by atoms with Crippen LogP contribution in [0.2, 0.25) is 0 Å². The van der Waals surface area contributed by atoms with Gasteiger partial charge in [0.15, 0.2) is 0 Å². The SMILES string of the molecule is CCCNC(c1ccc(OC)cc1Br)C(C)C. The average Bonchev–Trinajstić information content (AvgIpc) is 2.30. The molecule has 0 radical (unpaired) electrons. The number of methoxy groups -OCH3 is 1. The first kappa shape index (κ1) is 14.5. The monoisotopic (exact) mass is 299 g/mol. The van der Waals surface area contributed by atoms with Crippen LogP contribution in [0.5, 0.6) is 5.75 Å². The molecule has 2 nitrogen and oxygen atoms in total. The molecule has 0 aliphatic carbocycles. The number of rotatable bonds is 6. The quantitative estimate of drug-likeness (QED) is 0.852. The maximum atomic E-state index is 5.22. The zero-order chi connectivity index (χ0) is 12.8.